The smallest absolute Gasteiger partial charge is 0.410 e. The van der Waals surface area contributed by atoms with Crippen molar-refractivity contribution >= 4 is 6.09 Å². The summed E-state index contributed by atoms with van der Waals surface area (Å²) < 4.78 is 5.46. The zero-order valence-corrected chi connectivity index (χ0v) is 13.4. The van der Waals surface area contributed by atoms with E-state index in [1.165, 1.54) is 11.1 Å². The Labute approximate surface area is 127 Å². The Bertz CT molecular complexity index is 508. The lowest BCUT2D eigenvalue weighted by Gasteiger charge is -2.37. The molecule has 1 aromatic carbocycles. The number of rotatable bonds is 1. The van der Waals surface area contributed by atoms with Gasteiger partial charge in [-0.25, -0.2) is 4.79 Å². The minimum atomic E-state index is -0.475. The summed E-state index contributed by atoms with van der Waals surface area (Å²) in [4.78, 5) is 14.0. The molecule has 1 aliphatic heterocycles. The van der Waals surface area contributed by atoms with Gasteiger partial charge in [0.1, 0.15) is 5.60 Å². The van der Waals surface area contributed by atoms with Gasteiger partial charge in [0.25, 0.3) is 0 Å². The molecule has 0 saturated carbocycles. The minimum Gasteiger partial charge on any atom is -0.444 e. The number of piperidine rings is 1. The number of likely N-dealkylation sites (tertiary alicyclic amines) is 1. The Balaban J connectivity index is 2.10. The van der Waals surface area contributed by atoms with Crippen LogP contribution in [0, 0.1) is 6.92 Å². The molecule has 0 bridgehead atoms. The van der Waals surface area contributed by atoms with E-state index in [0.717, 1.165) is 6.42 Å². The summed E-state index contributed by atoms with van der Waals surface area (Å²) in [6.07, 6.45) is 0.637. The van der Waals surface area contributed by atoms with Crippen molar-refractivity contribution in [1.29, 1.82) is 0 Å². The van der Waals surface area contributed by atoms with E-state index in [2.05, 4.69) is 31.2 Å². The van der Waals surface area contributed by atoms with Crippen LogP contribution in [0.3, 0.4) is 0 Å². The monoisotopic (exact) mass is 290 g/mol. The third kappa shape index (κ3) is 4.46. The number of amides is 1. The van der Waals surface area contributed by atoms with Crippen molar-refractivity contribution < 1.29 is 9.53 Å². The average molecular weight is 290 g/mol. The fourth-order valence-electron chi connectivity index (χ4n) is 2.78. The Morgan fingerprint density at radius 1 is 1.33 bits per heavy atom. The number of carbonyl (C=O) groups is 1. The van der Waals surface area contributed by atoms with E-state index in [1.807, 2.05) is 20.8 Å². The number of aryl methyl sites for hydroxylation is 1. The lowest BCUT2D eigenvalue weighted by Crippen LogP contribution is -2.50. The van der Waals surface area contributed by atoms with Gasteiger partial charge in [0, 0.05) is 25.0 Å². The molecule has 0 radical (unpaired) electrons. The minimum absolute atomic E-state index is 0.00298. The molecule has 4 nitrogen and oxygen atoms in total. The fraction of sp³-hybridized carbons (Fsp3) is 0.588. The van der Waals surface area contributed by atoms with Crippen LogP contribution in [0.25, 0.3) is 0 Å². The first-order chi connectivity index (χ1) is 9.74. The molecule has 1 fully saturated rings. The van der Waals surface area contributed by atoms with Gasteiger partial charge in [-0.3, -0.25) is 0 Å². The second-order valence-electron chi connectivity index (χ2n) is 6.99. The largest absolute Gasteiger partial charge is 0.444 e. The van der Waals surface area contributed by atoms with E-state index in [0.29, 0.717) is 13.1 Å². The second-order valence-corrected chi connectivity index (χ2v) is 6.99. The third-order valence-electron chi connectivity index (χ3n) is 3.65. The molecule has 0 aliphatic carbocycles. The molecule has 2 N–H and O–H groups in total. The number of hydrogen-bond acceptors (Lipinski definition) is 3. The lowest BCUT2D eigenvalue weighted by atomic mass is 9.88. The molecule has 1 saturated heterocycles. The second kappa shape index (κ2) is 6.06. The predicted octanol–water partition coefficient (Wildman–Crippen LogP) is 3.05. The van der Waals surface area contributed by atoms with Gasteiger partial charge in [-0.15, -0.1) is 0 Å². The normalized spacial score (nSPS) is 23.0. The van der Waals surface area contributed by atoms with Crippen LogP contribution in [0.1, 0.15) is 44.2 Å². The quantitative estimate of drug-likeness (QED) is 0.865. The lowest BCUT2D eigenvalue weighted by molar-refractivity contribution is 0.0181. The predicted molar refractivity (Wildman–Crippen MR) is 84.3 cm³/mol. The molecule has 2 rings (SSSR count). The number of benzene rings is 1. The van der Waals surface area contributed by atoms with Gasteiger partial charge in [-0.2, -0.15) is 0 Å². The van der Waals surface area contributed by atoms with Gasteiger partial charge in [0.2, 0.25) is 0 Å². The van der Waals surface area contributed by atoms with Crippen molar-refractivity contribution in [2.45, 2.75) is 51.7 Å². The highest BCUT2D eigenvalue weighted by atomic mass is 16.6. The number of hydrogen-bond donors (Lipinski definition) is 1. The maximum absolute atomic E-state index is 12.3. The summed E-state index contributed by atoms with van der Waals surface area (Å²) in [5.41, 5.74) is 8.15. The maximum Gasteiger partial charge on any atom is 0.410 e. The van der Waals surface area contributed by atoms with Crippen LogP contribution in [0.15, 0.2) is 24.3 Å². The number of nitrogens with two attached hydrogens (primary N) is 1. The summed E-state index contributed by atoms with van der Waals surface area (Å²) >= 11 is 0. The zero-order chi connectivity index (χ0) is 15.6. The van der Waals surface area contributed by atoms with Crippen LogP contribution in [0.4, 0.5) is 4.79 Å². The fourth-order valence-corrected chi connectivity index (χ4v) is 2.78. The molecule has 4 heteroatoms. The summed E-state index contributed by atoms with van der Waals surface area (Å²) in [5, 5.41) is 0. The van der Waals surface area contributed by atoms with E-state index >= 15 is 0 Å². The highest BCUT2D eigenvalue weighted by Gasteiger charge is 2.31. The maximum atomic E-state index is 12.3. The van der Waals surface area contributed by atoms with E-state index in [4.69, 9.17) is 10.5 Å². The van der Waals surface area contributed by atoms with Crippen LogP contribution in [0.5, 0.6) is 0 Å². The van der Waals surface area contributed by atoms with Crippen molar-refractivity contribution in [3.63, 3.8) is 0 Å². The van der Waals surface area contributed by atoms with Gasteiger partial charge in [0.05, 0.1) is 0 Å². The van der Waals surface area contributed by atoms with E-state index in [1.54, 1.807) is 4.90 Å². The number of nitrogens with zero attached hydrogens (tertiary/aromatic N) is 1. The van der Waals surface area contributed by atoms with Crippen molar-refractivity contribution in [1.82, 2.24) is 4.90 Å². The molecule has 0 unspecified atom stereocenters. The molecule has 2 atom stereocenters. The molecule has 116 valence electrons. The first-order valence-electron chi connectivity index (χ1n) is 7.54. The third-order valence-corrected chi connectivity index (χ3v) is 3.65. The highest BCUT2D eigenvalue weighted by Crippen LogP contribution is 2.28. The van der Waals surface area contributed by atoms with Gasteiger partial charge < -0.3 is 15.4 Å². The summed E-state index contributed by atoms with van der Waals surface area (Å²) in [6, 6.07) is 8.43. The molecule has 1 amide bonds. The molecule has 1 aromatic rings. The first-order valence-corrected chi connectivity index (χ1v) is 7.54. The van der Waals surface area contributed by atoms with Crippen molar-refractivity contribution in [2.24, 2.45) is 5.73 Å². The van der Waals surface area contributed by atoms with E-state index in [9.17, 15) is 4.79 Å². The Hall–Kier alpha value is -1.55. The Morgan fingerprint density at radius 2 is 2.05 bits per heavy atom. The zero-order valence-electron chi connectivity index (χ0n) is 13.4. The summed E-state index contributed by atoms with van der Waals surface area (Å²) in [5.74, 6) is 0.279. The standard InChI is InChI=1S/C17H26N2O2/c1-12-6-5-7-13(8-12)14-9-15(18)11-19(10-14)16(20)21-17(2,3)4/h5-8,14-15H,9-11,18H2,1-4H3/t14-,15-/m1/s1. The van der Waals surface area contributed by atoms with Crippen LogP contribution < -0.4 is 5.73 Å². The Kier molecular flexibility index (Phi) is 4.57. The molecule has 0 spiro atoms. The molecule has 1 aliphatic rings. The number of carbonyl (C=O) groups excluding carboxylic acids is 1. The molecular formula is C17H26N2O2. The molecule has 21 heavy (non-hydrogen) atoms. The summed E-state index contributed by atoms with van der Waals surface area (Å²) in [7, 11) is 0. The van der Waals surface area contributed by atoms with Crippen molar-refractivity contribution in [2.75, 3.05) is 13.1 Å². The average Bonchev–Trinajstić information content (AvgIpc) is 2.36. The molecular weight excluding hydrogens is 264 g/mol. The SMILES string of the molecule is Cc1cccc([C@@H]2C[C@@H](N)CN(C(=O)OC(C)(C)C)C2)c1. The van der Waals surface area contributed by atoms with Crippen molar-refractivity contribution in [3.05, 3.63) is 35.4 Å². The highest BCUT2D eigenvalue weighted by molar-refractivity contribution is 5.68. The van der Waals surface area contributed by atoms with E-state index in [-0.39, 0.29) is 18.1 Å². The van der Waals surface area contributed by atoms with Crippen LogP contribution in [-0.4, -0.2) is 35.7 Å². The topological polar surface area (TPSA) is 55.6 Å². The van der Waals surface area contributed by atoms with Crippen LogP contribution >= 0.6 is 0 Å². The first kappa shape index (κ1) is 15.8. The van der Waals surface area contributed by atoms with Gasteiger partial charge >= 0.3 is 6.09 Å². The van der Waals surface area contributed by atoms with Gasteiger partial charge in [-0.1, -0.05) is 29.8 Å². The van der Waals surface area contributed by atoms with Gasteiger partial charge in [-0.05, 0) is 39.7 Å². The van der Waals surface area contributed by atoms with Crippen LogP contribution in [0.2, 0.25) is 0 Å². The van der Waals surface area contributed by atoms with Crippen LogP contribution in [-0.2, 0) is 4.74 Å². The number of ether oxygens (including phenoxy) is 1. The molecule has 0 aromatic heterocycles. The summed E-state index contributed by atoms with van der Waals surface area (Å²) in [6.45, 7) is 8.97. The van der Waals surface area contributed by atoms with E-state index < -0.39 is 5.60 Å². The Morgan fingerprint density at radius 3 is 2.67 bits per heavy atom. The van der Waals surface area contributed by atoms with Gasteiger partial charge in [0.15, 0.2) is 0 Å². The molecule has 1 heterocycles. The van der Waals surface area contributed by atoms with Crippen molar-refractivity contribution in [3.8, 4) is 0 Å².